The molecule has 0 aliphatic carbocycles. The minimum Gasteiger partial charge on any atom is -0.365 e. The first-order chi connectivity index (χ1) is 11.3. The van der Waals surface area contributed by atoms with E-state index in [0.29, 0.717) is 25.4 Å². The van der Waals surface area contributed by atoms with Crippen LogP contribution in [0.25, 0.3) is 0 Å². The second-order valence-electron chi connectivity index (χ2n) is 6.00. The molecule has 2 rings (SSSR count). The van der Waals surface area contributed by atoms with Crippen molar-refractivity contribution >= 4 is 5.82 Å². The van der Waals surface area contributed by atoms with Gasteiger partial charge in [-0.05, 0) is 30.0 Å². The predicted octanol–water partition coefficient (Wildman–Crippen LogP) is 3.57. The maximum atomic E-state index is 12.5. The third-order valence-corrected chi connectivity index (χ3v) is 3.46. The van der Waals surface area contributed by atoms with Crippen LogP contribution in [0, 0.1) is 5.92 Å². The van der Waals surface area contributed by atoms with E-state index >= 15 is 0 Å². The van der Waals surface area contributed by atoms with Crippen LogP contribution in [0.4, 0.5) is 19.0 Å². The zero-order valence-corrected chi connectivity index (χ0v) is 13.6. The molecule has 7 heteroatoms. The van der Waals surface area contributed by atoms with Crippen LogP contribution in [-0.4, -0.2) is 16.1 Å². The number of aromatic nitrogens is 2. The second-order valence-corrected chi connectivity index (χ2v) is 6.00. The van der Waals surface area contributed by atoms with Crippen LogP contribution in [0.15, 0.2) is 41.5 Å². The lowest BCUT2D eigenvalue weighted by Crippen LogP contribution is -2.26. The summed E-state index contributed by atoms with van der Waals surface area (Å²) >= 11 is 0. The molecule has 1 aromatic carbocycles. The molecule has 4 nitrogen and oxygen atoms in total. The molecular weight excluding hydrogens is 319 g/mol. The van der Waals surface area contributed by atoms with Crippen LogP contribution in [0.5, 0.6) is 0 Å². The maximum Gasteiger partial charge on any atom is 0.416 e. The monoisotopic (exact) mass is 339 g/mol. The Morgan fingerprint density at radius 3 is 2.46 bits per heavy atom. The zero-order chi connectivity index (χ0) is 17.7. The molecule has 0 saturated heterocycles. The highest BCUT2D eigenvalue weighted by Crippen LogP contribution is 2.29. The Labute approximate surface area is 138 Å². The number of halogens is 3. The van der Waals surface area contributed by atoms with Crippen LogP contribution >= 0.6 is 0 Å². The fourth-order valence-corrected chi connectivity index (χ4v) is 2.29. The van der Waals surface area contributed by atoms with Crippen LogP contribution < -0.4 is 10.9 Å². The Bertz CT molecular complexity index is 721. The largest absolute Gasteiger partial charge is 0.416 e. The highest BCUT2D eigenvalue weighted by atomic mass is 19.4. The average Bonchev–Trinajstić information content (AvgIpc) is 2.50. The Morgan fingerprint density at radius 1 is 1.21 bits per heavy atom. The second kappa shape index (κ2) is 7.51. The van der Waals surface area contributed by atoms with E-state index < -0.39 is 11.7 Å². The van der Waals surface area contributed by atoms with Crippen molar-refractivity contribution in [1.29, 1.82) is 0 Å². The summed E-state index contributed by atoms with van der Waals surface area (Å²) in [6.07, 6.45) is -0.627. The lowest BCUT2D eigenvalue weighted by molar-refractivity contribution is -0.137. The number of nitrogens with zero attached hydrogens (tertiary/aromatic N) is 2. The summed E-state index contributed by atoms with van der Waals surface area (Å²) < 4.78 is 39.1. The van der Waals surface area contributed by atoms with Crippen molar-refractivity contribution in [3.8, 4) is 0 Å². The summed E-state index contributed by atoms with van der Waals surface area (Å²) in [5, 5.41) is 2.95. The van der Waals surface area contributed by atoms with E-state index in [1.165, 1.54) is 12.1 Å². The summed E-state index contributed by atoms with van der Waals surface area (Å²) in [4.78, 5) is 16.2. The molecule has 1 N–H and O–H groups in total. The van der Waals surface area contributed by atoms with Crippen LogP contribution in [0.1, 0.15) is 25.0 Å². The Kier molecular flexibility index (Phi) is 5.64. The molecule has 0 bridgehead atoms. The van der Waals surface area contributed by atoms with Crippen molar-refractivity contribution in [2.24, 2.45) is 5.92 Å². The van der Waals surface area contributed by atoms with Crippen LogP contribution in [0.3, 0.4) is 0 Å². The maximum absolute atomic E-state index is 12.5. The third-order valence-electron chi connectivity index (χ3n) is 3.46. The molecule has 2 aromatic rings. The Morgan fingerprint density at radius 2 is 1.88 bits per heavy atom. The van der Waals surface area contributed by atoms with Crippen molar-refractivity contribution < 1.29 is 13.2 Å². The Balaban J connectivity index is 1.96. The SMILES string of the molecule is CC(C)Cn1ccnc(NCCc2ccc(C(F)(F)F)cc2)c1=O. The number of nitrogens with one attached hydrogen (secondary N) is 1. The van der Waals surface area contributed by atoms with E-state index in [1.54, 1.807) is 17.0 Å². The molecule has 0 atom stereocenters. The molecule has 0 spiro atoms. The summed E-state index contributed by atoms with van der Waals surface area (Å²) in [5.74, 6) is 0.593. The first-order valence-electron chi connectivity index (χ1n) is 7.73. The quantitative estimate of drug-likeness (QED) is 0.875. The minimum atomic E-state index is -4.33. The van der Waals surface area contributed by atoms with Gasteiger partial charge in [0.05, 0.1) is 5.56 Å². The predicted molar refractivity (Wildman–Crippen MR) is 87.0 cm³/mol. The summed E-state index contributed by atoms with van der Waals surface area (Å²) in [6.45, 7) is 5.06. The number of hydrogen-bond acceptors (Lipinski definition) is 3. The van der Waals surface area contributed by atoms with Crippen molar-refractivity contribution in [2.75, 3.05) is 11.9 Å². The fourth-order valence-electron chi connectivity index (χ4n) is 2.29. The molecule has 130 valence electrons. The van der Waals surface area contributed by atoms with E-state index in [2.05, 4.69) is 10.3 Å². The van der Waals surface area contributed by atoms with Crippen LogP contribution in [-0.2, 0) is 19.1 Å². The van der Waals surface area contributed by atoms with Gasteiger partial charge in [0, 0.05) is 25.5 Å². The van der Waals surface area contributed by atoms with Gasteiger partial charge in [0.15, 0.2) is 5.82 Å². The molecular formula is C17H20F3N3O. The normalized spacial score (nSPS) is 11.8. The molecule has 0 saturated carbocycles. The van der Waals surface area contributed by atoms with Gasteiger partial charge in [-0.25, -0.2) is 4.98 Å². The smallest absolute Gasteiger partial charge is 0.365 e. The van der Waals surface area contributed by atoms with Crippen molar-refractivity contribution in [3.05, 3.63) is 58.1 Å². The molecule has 0 radical (unpaired) electrons. The van der Waals surface area contributed by atoms with E-state index in [0.717, 1.165) is 17.7 Å². The summed E-state index contributed by atoms with van der Waals surface area (Å²) in [6, 6.07) is 5.01. The van der Waals surface area contributed by atoms with Gasteiger partial charge in [-0.15, -0.1) is 0 Å². The number of anilines is 1. The van der Waals surface area contributed by atoms with Gasteiger partial charge < -0.3 is 9.88 Å². The number of hydrogen-bond donors (Lipinski definition) is 1. The van der Waals surface area contributed by atoms with Gasteiger partial charge in [0.1, 0.15) is 0 Å². The lowest BCUT2D eigenvalue weighted by Gasteiger charge is -2.11. The number of alkyl halides is 3. The average molecular weight is 339 g/mol. The van der Waals surface area contributed by atoms with Crippen LogP contribution in [0.2, 0.25) is 0 Å². The number of rotatable bonds is 6. The summed E-state index contributed by atoms with van der Waals surface area (Å²) in [7, 11) is 0. The molecule has 1 aromatic heterocycles. The molecule has 0 fully saturated rings. The van der Waals surface area contributed by atoms with Gasteiger partial charge in [-0.3, -0.25) is 4.79 Å². The zero-order valence-electron chi connectivity index (χ0n) is 13.6. The van der Waals surface area contributed by atoms with E-state index in [9.17, 15) is 18.0 Å². The molecule has 0 aliphatic heterocycles. The Hall–Kier alpha value is -2.31. The molecule has 1 heterocycles. The van der Waals surface area contributed by atoms with Crippen molar-refractivity contribution in [3.63, 3.8) is 0 Å². The fraction of sp³-hybridized carbons (Fsp3) is 0.412. The standard InChI is InChI=1S/C17H20F3N3O/c1-12(2)11-23-10-9-22-15(16(23)24)21-8-7-13-3-5-14(6-4-13)17(18,19)20/h3-6,9-10,12H,7-8,11H2,1-2H3,(H,21,22). The van der Waals surface area contributed by atoms with Crippen molar-refractivity contribution in [1.82, 2.24) is 9.55 Å². The highest BCUT2D eigenvalue weighted by molar-refractivity contribution is 5.32. The third kappa shape index (κ3) is 4.84. The van der Waals surface area contributed by atoms with Crippen molar-refractivity contribution in [2.45, 2.75) is 33.0 Å². The van der Waals surface area contributed by atoms with Gasteiger partial charge in [0.25, 0.3) is 5.56 Å². The molecule has 0 aliphatic rings. The highest BCUT2D eigenvalue weighted by Gasteiger charge is 2.29. The molecule has 0 amide bonds. The van der Waals surface area contributed by atoms with Gasteiger partial charge in [0.2, 0.25) is 0 Å². The first kappa shape index (κ1) is 18.0. The van der Waals surface area contributed by atoms with E-state index in [1.807, 2.05) is 13.8 Å². The first-order valence-corrected chi connectivity index (χ1v) is 7.73. The topological polar surface area (TPSA) is 46.9 Å². The van der Waals surface area contributed by atoms with Gasteiger partial charge in [-0.2, -0.15) is 13.2 Å². The van der Waals surface area contributed by atoms with E-state index in [4.69, 9.17) is 0 Å². The lowest BCUT2D eigenvalue weighted by atomic mass is 10.1. The summed E-state index contributed by atoms with van der Waals surface area (Å²) in [5.41, 5.74) is -0.104. The van der Waals surface area contributed by atoms with Gasteiger partial charge >= 0.3 is 6.18 Å². The van der Waals surface area contributed by atoms with Gasteiger partial charge in [-0.1, -0.05) is 26.0 Å². The molecule has 24 heavy (non-hydrogen) atoms. The molecule has 0 unspecified atom stereocenters. The number of benzene rings is 1. The minimum absolute atomic E-state index is 0.196. The van der Waals surface area contributed by atoms with E-state index in [-0.39, 0.29) is 11.4 Å².